The molecule has 0 aliphatic carbocycles. The summed E-state index contributed by atoms with van der Waals surface area (Å²) in [6.45, 7) is 4.60. The predicted octanol–water partition coefficient (Wildman–Crippen LogP) is 5.47. The van der Waals surface area contributed by atoms with Crippen LogP contribution in [-0.4, -0.2) is 42.1 Å². The fourth-order valence-electron chi connectivity index (χ4n) is 5.27. The molecule has 1 aromatic heterocycles. The number of aromatic nitrogens is 1. The second-order valence-corrected chi connectivity index (χ2v) is 11.3. The van der Waals surface area contributed by atoms with Crippen LogP contribution in [0.4, 0.5) is 0 Å². The van der Waals surface area contributed by atoms with Crippen molar-refractivity contribution < 1.29 is 13.5 Å². The number of piperidine rings is 1. The maximum Gasteiger partial charge on any atom is 0.268 e. The smallest absolute Gasteiger partial charge is 0.268 e. The predicted molar refractivity (Wildman–Crippen MR) is 145 cm³/mol. The number of fused-ring (bicyclic) bond motifs is 1. The molecule has 5 nitrogen and oxygen atoms in total. The number of benzene rings is 3. The minimum atomic E-state index is -3.84. The van der Waals surface area contributed by atoms with Gasteiger partial charge in [0.15, 0.2) is 0 Å². The van der Waals surface area contributed by atoms with Gasteiger partial charge in [-0.2, -0.15) is 0 Å². The van der Waals surface area contributed by atoms with Gasteiger partial charge in [0.05, 0.1) is 22.7 Å². The van der Waals surface area contributed by atoms with Crippen molar-refractivity contribution in [3.63, 3.8) is 0 Å². The quantitative estimate of drug-likeness (QED) is 0.365. The molecule has 6 heteroatoms. The highest BCUT2D eigenvalue weighted by Gasteiger charge is 2.29. The van der Waals surface area contributed by atoms with E-state index in [0.29, 0.717) is 11.2 Å². The SMILES string of the molecule is Cc1ccc2cc(C(=CCO)C3CCN(Cc4ccccc4)CC3)n(S(=O)(=O)c3ccccc3)c2c1. The molecule has 1 fully saturated rings. The molecule has 4 aromatic rings. The summed E-state index contributed by atoms with van der Waals surface area (Å²) in [7, 11) is -3.84. The number of aliphatic hydroxyl groups excluding tert-OH is 1. The summed E-state index contributed by atoms with van der Waals surface area (Å²) in [4.78, 5) is 2.70. The Morgan fingerprint density at radius 3 is 2.28 bits per heavy atom. The van der Waals surface area contributed by atoms with Gasteiger partial charge in [-0.3, -0.25) is 4.90 Å². The lowest BCUT2D eigenvalue weighted by atomic mass is 9.87. The first-order valence-electron chi connectivity index (χ1n) is 12.5. The topological polar surface area (TPSA) is 62.5 Å². The van der Waals surface area contributed by atoms with E-state index in [0.717, 1.165) is 49.0 Å². The van der Waals surface area contributed by atoms with Crippen LogP contribution in [0.1, 0.15) is 29.7 Å². The first-order valence-corrected chi connectivity index (χ1v) is 13.9. The summed E-state index contributed by atoms with van der Waals surface area (Å²) in [5, 5.41) is 10.8. The van der Waals surface area contributed by atoms with E-state index < -0.39 is 10.0 Å². The Labute approximate surface area is 213 Å². The average Bonchev–Trinajstić information content (AvgIpc) is 3.28. The highest BCUT2D eigenvalue weighted by atomic mass is 32.2. The fourth-order valence-corrected chi connectivity index (χ4v) is 6.81. The lowest BCUT2D eigenvalue weighted by molar-refractivity contribution is 0.198. The number of likely N-dealkylation sites (tertiary alicyclic amines) is 1. The van der Waals surface area contributed by atoms with E-state index in [1.807, 2.05) is 43.3 Å². The van der Waals surface area contributed by atoms with Gasteiger partial charge < -0.3 is 5.11 Å². The molecule has 36 heavy (non-hydrogen) atoms. The van der Waals surface area contributed by atoms with Crippen molar-refractivity contribution in [3.8, 4) is 0 Å². The Hall–Kier alpha value is -3.19. The lowest BCUT2D eigenvalue weighted by Crippen LogP contribution is -2.34. The van der Waals surface area contributed by atoms with Crippen LogP contribution in [0.5, 0.6) is 0 Å². The monoisotopic (exact) mass is 500 g/mol. The molecule has 1 aliphatic heterocycles. The molecule has 1 saturated heterocycles. The molecule has 0 spiro atoms. The normalized spacial score (nSPS) is 16.0. The zero-order valence-electron chi connectivity index (χ0n) is 20.5. The average molecular weight is 501 g/mol. The third-order valence-electron chi connectivity index (χ3n) is 7.08. The van der Waals surface area contributed by atoms with Crippen LogP contribution in [0.2, 0.25) is 0 Å². The zero-order valence-corrected chi connectivity index (χ0v) is 21.4. The summed E-state index contributed by atoms with van der Waals surface area (Å²) < 4.78 is 29.4. The molecule has 0 saturated carbocycles. The lowest BCUT2D eigenvalue weighted by Gasteiger charge is -2.33. The standard InChI is InChI=1S/C30H32N2O3S/c1-23-12-13-26-21-30(32(29(26)20-23)36(34,35)27-10-6-3-7-11-27)28(16-19-33)25-14-17-31(18-15-25)22-24-8-4-2-5-9-24/h2-13,16,20-21,25,33H,14-15,17-19,22H2,1H3. The molecular weight excluding hydrogens is 468 g/mol. The number of hydrogen-bond acceptors (Lipinski definition) is 4. The van der Waals surface area contributed by atoms with Crippen LogP contribution in [-0.2, 0) is 16.6 Å². The van der Waals surface area contributed by atoms with Crippen LogP contribution in [0.25, 0.3) is 16.5 Å². The van der Waals surface area contributed by atoms with Crippen molar-refractivity contribution in [2.45, 2.75) is 31.2 Å². The Balaban J connectivity index is 1.52. The third kappa shape index (κ3) is 4.89. The number of hydrogen-bond donors (Lipinski definition) is 1. The van der Waals surface area contributed by atoms with Crippen LogP contribution >= 0.6 is 0 Å². The fraction of sp³-hybridized carbons (Fsp3) is 0.267. The van der Waals surface area contributed by atoms with Gasteiger partial charge in [0.2, 0.25) is 0 Å². The molecule has 3 aromatic carbocycles. The van der Waals surface area contributed by atoms with Gasteiger partial charge in [0.1, 0.15) is 0 Å². The Morgan fingerprint density at radius 2 is 1.61 bits per heavy atom. The van der Waals surface area contributed by atoms with Gasteiger partial charge >= 0.3 is 0 Å². The van der Waals surface area contributed by atoms with E-state index in [1.54, 1.807) is 30.3 Å². The van der Waals surface area contributed by atoms with Crippen LogP contribution in [0.3, 0.4) is 0 Å². The molecule has 186 valence electrons. The number of nitrogens with zero attached hydrogens (tertiary/aromatic N) is 2. The highest BCUT2D eigenvalue weighted by Crippen LogP contribution is 2.37. The highest BCUT2D eigenvalue weighted by molar-refractivity contribution is 7.90. The van der Waals surface area contributed by atoms with Gasteiger partial charge in [-0.05, 0) is 79.7 Å². The Bertz CT molecular complexity index is 1470. The van der Waals surface area contributed by atoms with Crippen molar-refractivity contribution in [1.82, 2.24) is 8.87 Å². The van der Waals surface area contributed by atoms with E-state index in [1.165, 1.54) is 9.54 Å². The van der Waals surface area contributed by atoms with E-state index in [-0.39, 0.29) is 17.4 Å². The molecule has 1 aliphatic rings. The largest absolute Gasteiger partial charge is 0.392 e. The third-order valence-corrected chi connectivity index (χ3v) is 8.82. The molecule has 2 heterocycles. The van der Waals surface area contributed by atoms with Gasteiger partial charge in [0.25, 0.3) is 10.0 Å². The molecule has 1 N–H and O–H groups in total. The maximum absolute atomic E-state index is 14.0. The number of aryl methyl sites for hydroxylation is 1. The molecule has 5 rings (SSSR count). The van der Waals surface area contributed by atoms with Gasteiger partial charge in [-0.1, -0.05) is 66.7 Å². The summed E-state index contributed by atoms with van der Waals surface area (Å²) in [6.07, 6.45) is 3.62. The summed E-state index contributed by atoms with van der Waals surface area (Å²) >= 11 is 0. The van der Waals surface area contributed by atoms with Crippen molar-refractivity contribution in [3.05, 3.63) is 108 Å². The number of aliphatic hydroxyl groups is 1. The molecule has 0 bridgehead atoms. The summed E-state index contributed by atoms with van der Waals surface area (Å²) in [5.41, 5.74) is 4.52. The van der Waals surface area contributed by atoms with Crippen LogP contribution < -0.4 is 0 Å². The van der Waals surface area contributed by atoms with Gasteiger partial charge in [0, 0.05) is 11.9 Å². The second-order valence-electron chi connectivity index (χ2n) is 9.55. The number of allylic oxidation sites excluding steroid dienone is 1. The first-order chi connectivity index (χ1) is 17.5. The van der Waals surface area contributed by atoms with Gasteiger partial charge in [-0.15, -0.1) is 0 Å². The van der Waals surface area contributed by atoms with Crippen LogP contribution in [0, 0.1) is 12.8 Å². The Kier molecular flexibility index (Phi) is 7.10. The van der Waals surface area contributed by atoms with Crippen molar-refractivity contribution in [2.75, 3.05) is 19.7 Å². The zero-order chi connectivity index (χ0) is 25.1. The summed E-state index contributed by atoms with van der Waals surface area (Å²) in [5.74, 6) is 0.166. The van der Waals surface area contributed by atoms with E-state index in [2.05, 4.69) is 29.2 Å². The van der Waals surface area contributed by atoms with Crippen molar-refractivity contribution >= 4 is 26.5 Å². The van der Waals surface area contributed by atoms with Crippen molar-refractivity contribution in [1.29, 1.82) is 0 Å². The van der Waals surface area contributed by atoms with Crippen molar-refractivity contribution in [2.24, 2.45) is 5.92 Å². The number of rotatable bonds is 7. The first kappa shape index (κ1) is 24.5. The second kappa shape index (κ2) is 10.4. The van der Waals surface area contributed by atoms with Crippen LogP contribution in [0.15, 0.2) is 95.9 Å². The molecule has 0 unspecified atom stereocenters. The van der Waals surface area contributed by atoms with E-state index in [4.69, 9.17) is 0 Å². The minimum absolute atomic E-state index is 0.133. The Morgan fingerprint density at radius 1 is 0.944 bits per heavy atom. The maximum atomic E-state index is 14.0. The minimum Gasteiger partial charge on any atom is -0.392 e. The molecular formula is C30H32N2O3S. The van der Waals surface area contributed by atoms with Gasteiger partial charge in [-0.25, -0.2) is 12.4 Å². The molecule has 0 atom stereocenters. The van der Waals surface area contributed by atoms with E-state index in [9.17, 15) is 13.5 Å². The molecule has 0 radical (unpaired) electrons. The van der Waals surface area contributed by atoms with E-state index >= 15 is 0 Å². The molecule has 0 amide bonds. The summed E-state index contributed by atoms with van der Waals surface area (Å²) in [6, 6.07) is 26.9.